The minimum atomic E-state index is -0.471. The molecular weight excluding hydrogens is 304 g/mol. The maximum absolute atomic E-state index is 12.8. The molecule has 1 aliphatic rings. The zero-order chi connectivity index (χ0) is 17.3. The largest absolute Gasteiger partial charge is 0.363 e. The van der Waals surface area contributed by atoms with E-state index >= 15 is 0 Å². The molecule has 7 heteroatoms. The van der Waals surface area contributed by atoms with E-state index in [0.717, 1.165) is 36.7 Å². The molecule has 0 radical (unpaired) electrons. The van der Waals surface area contributed by atoms with Crippen LogP contribution in [0.1, 0.15) is 31.3 Å². The van der Waals surface area contributed by atoms with Crippen molar-refractivity contribution in [2.45, 2.75) is 38.8 Å². The monoisotopic (exact) mass is 328 g/mol. The second-order valence-electron chi connectivity index (χ2n) is 6.71. The van der Waals surface area contributed by atoms with Gasteiger partial charge in [0.15, 0.2) is 5.82 Å². The molecule has 0 bridgehead atoms. The van der Waals surface area contributed by atoms with Gasteiger partial charge >= 0.3 is 0 Å². The van der Waals surface area contributed by atoms with E-state index in [4.69, 9.17) is 4.98 Å². The van der Waals surface area contributed by atoms with Gasteiger partial charge in [0.2, 0.25) is 5.91 Å². The molecule has 1 atom stereocenters. The third-order valence-electron chi connectivity index (χ3n) is 4.58. The lowest BCUT2D eigenvalue weighted by molar-refractivity contribution is -0.136. The molecule has 1 fully saturated rings. The highest BCUT2D eigenvalue weighted by Gasteiger charge is 2.43. The van der Waals surface area contributed by atoms with Gasteiger partial charge in [-0.2, -0.15) is 5.10 Å². The lowest BCUT2D eigenvalue weighted by Crippen LogP contribution is -2.45. The van der Waals surface area contributed by atoms with Gasteiger partial charge in [0.05, 0.1) is 0 Å². The number of aryl methyl sites for hydroxylation is 1. The van der Waals surface area contributed by atoms with Crippen LogP contribution in [0.4, 0.5) is 5.82 Å². The quantitative estimate of drug-likeness (QED) is 0.852. The highest BCUT2D eigenvalue weighted by Crippen LogP contribution is 2.37. The Hall–Kier alpha value is -2.44. The fraction of sp³-hybridized carbons (Fsp3) is 0.529. The fourth-order valence-electron chi connectivity index (χ4n) is 3.24. The third-order valence-corrected chi connectivity index (χ3v) is 4.58. The van der Waals surface area contributed by atoms with Gasteiger partial charge in [-0.3, -0.25) is 9.48 Å². The molecule has 1 aliphatic heterocycles. The average Bonchev–Trinajstić information content (AvgIpc) is 3.16. The summed E-state index contributed by atoms with van der Waals surface area (Å²) >= 11 is 0. The highest BCUT2D eigenvalue weighted by molar-refractivity contribution is 5.77. The van der Waals surface area contributed by atoms with Crippen LogP contribution in [0.3, 0.4) is 0 Å². The van der Waals surface area contributed by atoms with Crippen LogP contribution in [-0.4, -0.2) is 51.2 Å². The van der Waals surface area contributed by atoms with E-state index in [0.29, 0.717) is 0 Å². The zero-order valence-electron chi connectivity index (χ0n) is 14.7. The van der Waals surface area contributed by atoms with Crippen LogP contribution in [0.15, 0.2) is 24.5 Å². The van der Waals surface area contributed by atoms with Crippen LogP contribution in [-0.2, 0) is 16.9 Å². The number of carbonyl (C=O) groups is 1. The topological polar surface area (TPSA) is 67.2 Å². The molecule has 0 N–H and O–H groups in total. The van der Waals surface area contributed by atoms with Gasteiger partial charge in [0.25, 0.3) is 0 Å². The molecule has 1 amide bonds. The summed E-state index contributed by atoms with van der Waals surface area (Å²) in [6.45, 7) is 5.00. The summed E-state index contributed by atoms with van der Waals surface area (Å²) < 4.78 is 1.66. The number of amides is 1. The lowest BCUT2D eigenvalue weighted by Gasteiger charge is -2.34. The second kappa shape index (κ2) is 6.22. The predicted molar refractivity (Wildman–Crippen MR) is 91.6 cm³/mol. The first kappa shape index (κ1) is 16.4. The van der Waals surface area contributed by atoms with Gasteiger partial charge in [-0.05, 0) is 32.8 Å². The normalized spacial score (nSPS) is 20.4. The summed E-state index contributed by atoms with van der Waals surface area (Å²) in [6.07, 6.45) is 5.31. The molecule has 128 valence electrons. The van der Waals surface area contributed by atoms with E-state index < -0.39 is 5.54 Å². The average molecular weight is 328 g/mol. The molecule has 0 aromatic carbocycles. The van der Waals surface area contributed by atoms with E-state index in [2.05, 4.69) is 17.0 Å². The number of hydrogen-bond acceptors (Lipinski definition) is 5. The summed E-state index contributed by atoms with van der Waals surface area (Å²) in [5.74, 6) is 1.64. The first-order chi connectivity index (χ1) is 11.4. The van der Waals surface area contributed by atoms with E-state index in [1.165, 1.54) is 0 Å². The number of aromatic nitrogens is 4. The molecular formula is C17H24N6O. The Kier molecular flexibility index (Phi) is 4.26. The molecule has 0 saturated carbocycles. The summed E-state index contributed by atoms with van der Waals surface area (Å²) in [5.41, 5.74) is 0.442. The maximum atomic E-state index is 12.8. The van der Waals surface area contributed by atoms with Crippen LogP contribution in [0.25, 0.3) is 0 Å². The minimum absolute atomic E-state index is 0.0511. The van der Waals surface area contributed by atoms with E-state index in [1.54, 1.807) is 17.1 Å². The van der Waals surface area contributed by atoms with Gasteiger partial charge in [0, 0.05) is 44.8 Å². The predicted octanol–water partition coefficient (Wildman–Crippen LogP) is 1.59. The number of carbonyl (C=O) groups excluding carboxylic acids is 1. The number of hydrogen-bond donors (Lipinski definition) is 0. The summed E-state index contributed by atoms with van der Waals surface area (Å²) in [7, 11) is 3.92. The summed E-state index contributed by atoms with van der Waals surface area (Å²) in [4.78, 5) is 26.0. The van der Waals surface area contributed by atoms with Crippen molar-refractivity contribution in [1.82, 2.24) is 24.6 Å². The van der Waals surface area contributed by atoms with Crippen molar-refractivity contribution in [2.75, 3.05) is 25.5 Å². The molecule has 24 heavy (non-hydrogen) atoms. The first-order valence-electron chi connectivity index (χ1n) is 8.21. The van der Waals surface area contributed by atoms with Crippen molar-refractivity contribution in [1.29, 1.82) is 0 Å². The Labute approximate surface area is 142 Å². The molecule has 3 heterocycles. The molecule has 3 rings (SSSR count). The highest BCUT2D eigenvalue weighted by atomic mass is 16.2. The van der Waals surface area contributed by atoms with Gasteiger partial charge in [-0.1, -0.05) is 0 Å². The number of rotatable bonds is 4. The van der Waals surface area contributed by atoms with Gasteiger partial charge in [0.1, 0.15) is 17.9 Å². The van der Waals surface area contributed by atoms with Crippen LogP contribution in [0.5, 0.6) is 0 Å². The van der Waals surface area contributed by atoms with Crippen molar-refractivity contribution >= 4 is 11.7 Å². The maximum Gasteiger partial charge on any atom is 0.245 e. The SMILES string of the molecule is Cc1cc(N(C)C)nc(C2(C)CCCN2C(=O)Cn2cccn2)n1. The van der Waals surface area contributed by atoms with Crippen LogP contribution < -0.4 is 4.90 Å². The number of anilines is 1. The van der Waals surface area contributed by atoms with E-state index in [-0.39, 0.29) is 12.5 Å². The van der Waals surface area contributed by atoms with Crippen molar-refractivity contribution in [3.8, 4) is 0 Å². The summed E-state index contributed by atoms with van der Waals surface area (Å²) in [6, 6.07) is 3.78. The lowest BCUT2D eigenvalue weighted by atomic mass is 9.97. The van der Waals surface area contributed by atoms with Crippen molar-refractivity contribution in [3.63, 3.8) is 0 Å². The Morgan fingerprint density at radius 2 is 2.17 bits per heavy atom. The Balaban J connectivity index is 1.91. The molecule has 2 aromatic heterocycles. The number of nitrogens with zero attached hydrogens (tertiary/aromatic N) is 6. The molecule has 2 aromatic rings. The van der Waals surface area contributed by atoms with Crippen LogP contribution in [0, 0.1) is 6.92 Å². The third kappa shape index (κ3) is 2.98. The Bertz CT molecular complexity index is 727. The van der Waals surface area contributed by atoms with Crippen molar-refractivity contribution in [2.24, 2.45) is 0 Å². The second-order valence-corrected chi connectivity index (χ2v) is 6.71. The minimum Gasteiger partial charge on any atom is -0.363 e. The van der Waals surface area contributed by atoms with Crippen LogP contribution >= 0.6 is 0 Å². The molecule has 0 aliphatic carbocycles. The first-order valence-corrected chi connectivity index (χ1v) is 8.21. The molecule has 0 spiro atoms. The zero-order valence-corrected chi connectivity index (χ0v) is 14.7. The molecule has 1 unspecified atom stereocenters. The molecule has 7 nitrogen and oxygen atoms in total. The van der Waals surface area contributed by atoms with Gasteiger partial charge in [-0.15, -0.1) is 0 Å². The Morgan fingerprint density at radius 3 is 2.83 bits per heavy atom. The van der Waals surface area contributed by atoms with Gasteiger partial charge < -0.3 is 9.80 Å². The summed E-state index contributed by atoms with van der Waals surface area (Å²) in [5, 5.41) is 4.13. The standard InChI is InChI=1S/C17H24N6O/c1-13-11-14(21(3)4)20-16(19-13)17(2)7-5-10-23(17)15(24)12-22-9-6-8-18-22/h6,8-9,11H,5,7,10,12H2,1-4H3. The fourth-order valence-corrected chi connectivity index (χ4v) is 3.24. The van der Waals surface area contributed by atoms with Crippen LogP contribution in [0.2, 0.25) is 0 Å². The van der Waals surface area contributed by atoms with E-state index in [9.17, 15) is 4.79 Å². The number of likely N-dealkylation sites (tertiary alicyclic amines) is 1. The van der Waals surface area contributed by atoms with Gasteiger partial charge in [-0.25, -0.2) is 9.97 Å². The molecule has 1 saturated heterocycles. The smallest absolute Gasteiger partial charge is 0.245 e. The Morgan fingerprint density at radius 1 is 1.38 bits per heavy atom. The van der Waals surface area contributed by atoms with E-state index in [1.807, 2.05) is 43.0 Å². The van der Waals surface area contributed by atoms with Crippen molar-refractivity contribution in [3.05, 3.63) is 36.0 Å². The van der Waals surface area contributed by atoms with Crippen molar-refractivity contribution < 1.29 is 4.79 Å².